The predicted molar refractivity (Wildman–Crippen MR) is 86.4 cm³/mol. The Bertz CT molecular complexity index is 515. The second-order valence-corrected chi connectivity index (χ2v) is 5.73. The molecule has 0 saturated heterocycles. The lowest BCUT2D eigenvalue weighted by Crippen LogP contribution is -2.42. The number of nitrogens with zero attached hydrogens (tertiary/aromatic N) is 1. The van der Waals surface area contributed by atoms with Crippen LogP contribution in [0.1, 0.15) is 43.9 Å². The molecule has 0 saturated carbocycles. The fourth-order valence-electron chi connectivity index (χ4n) is 2.51. The van der Waals surface area contributed by atoms with Crippen molar-refractivity contribution in [2.24, 2.45) is 0 Å². The summed E-state index contributed by atoms with van der Waals surface area (Å²) in [4.78, 5) is 25.5. The molecule has 0 aliphatic rings. The molecule has 0 aromatic heterocycles. The van der Waals surface area contributed by atoms with Gasteiger partial charge in [0.25, 0.3) is 0 Å². The maximum absolute atomic E-state index is 12.2. The number of carbonyl (C=O) groups is 2. The molecule has 0 aliphatic heterocycles. The van der Waals surface area contributed by atoms with E-state index in [4.69, 9.17) is 0 Å². The molecule has 1 unspecified atom stereocenters. The molecule has 0 radical (unpaired) electrons. The molecule has 116 valence electrons. The highest BCUT2D eigenvalue weighted by Gasteiger charge is 2.19. The Balaban J connectivity index is 2.84. The fraction of sp³-hybridized carbons (Fsp3) is 0.529. The summed E-state index contributed by atoms with van der Waals surface area (Å²) in [6.45, 7) is 11.6. The minimum atomic E-state index is -0.152. The maximum Gasteiger partial charge on any atom is 0.244 e. The van der Waals surface area contributed by atoms with Crippen molar-refractivity contribution in [3.63, 3.8) is 0 Å². The maximum atomic E-state index is 12.2. The normalized spacial score (nSPS) is 11.9. The van der Waals surface area contributed by atoms with E-state index in [0.29, 0.717) is 0 Å². The summed E-state index contributed by atoms with van der Waals surface area (Å²) >= 11 is 0. The smallest absolute Gasteiger partial charge is 0.244 e. The first-order chi connectivity index (χ1) is 9.76. The predicted octanol–water partition coefficient (Wildman–Crippen LogP) is 3.20. The number of amides is 2. The third-order valence-electron chi connectivity index (χ3n) is 3.78. The van der Waals surface area contributed by atoms with Crippen LogP contribution in [0.2, 0.25) is 0 Å². The first-order valence-electron chi connectivity index (χ1n) is 7.41. The van der Waals surface area contributed by atoms with Gasteiger partial charge in [-0.2, -0.15) is 0 Å². The van der Waals surface area contributed by atoms with E-state index in [2.05, 4.69) is 5.32 Å². The van der Waals surface area contributed by atoms with Crippen molar-refractivity contribution in [1.82, 2.24) is 4.90 Å². The van der Waals surface area contributed by atoms with Crippen molar-refractivity contribution in [2.45, 2.75) is 54.0 Å². The third-order valence-corrected chi connectivity index (χ3v) is 3.78. The van der Waals surface area contributed by atoms with Gasteiger partial charge in [0, 0.05) is 18.7 Å². The number of hydrogen-bond donors (Lipinski definition) is 1. The lowest BCUT2D eigenvalue weighted by atomic mass is 10.1. The molecule has 21 heavy (non-hydrogen) atoms. The third kappa shape index (κ3) is 4.59. The highest BCUT2D eigenvalue weighted by atomic mass is 16.2. The summed E-state index contributed by atoms with van der Waals surface area (Å²) in [7, 11) is 0. The van der Waals surface area contributed by atoms with Gasteiger partial charge in [-0.3, -0.25) is 9.59 Å². The van der Waals surface area contributed by atoms with E-state index in [-0.39, 0.29) is 24.4 Å². The summed E-state index contributed by atoms with van der Waals surface area (Å²) < 4.78 is 0. The van der Waals surface area contributed by atoms with E-state index in [0.717, 1.165) is 23.2 Å². The van der Waals surface area contributed by atoms with E-state index < -0.39 is 0 Å². The fourth-order valence-corrected chi connectivity index (χ4v) is 2.51. The molecule has 0 spiro atoms. The molecule has 4 nitrogen and oxygen atoms in total. The molecular formula is C17H26N2O2. The van der Waals surface area contributed by atoms with E-state index in [1.807, 2.05) is 46.8 Å². The highest BCUT2D eigenvalue weighted by molar-refractivity contribution is 5.95. The zero-order valence-electron chi connectivity index (χ0n) is 13.9. The van der Waals surface area contributed by atoms with Gasteiger partial charge in [-0.1, -0.05) is 24.6 Å². The van der Waals surface area contributed by atoms with Crippen molar-refractivity contribution in [1.29, 1.82) is 0 Å². The number of rotatable bonds is 5. The molecule has 2 amide bonds. The van der Waals surface area contributed by atoms with E-state index in [1.165, 1.54) is 12.5 Å². The van der Waals surface area contributed by atoms with Crippen LogP contribution in [0, 0.1) is 20.8 Å². The standard InChI is InChI=1S/C17H26N2O2/c1-7-14(5)19(15(6)20)10-16(21)18-17-12(3)8-11(2)9-13(17)4/h8-9,14H,7,10H2,1-6H3,(H,18,21). The van der Waals surface area contributed by atoms with Crippen LogP contribution < -0.4 is 5.32 Å². The second kappa shape index (κ2) is 7.25. The zero-order valence-corrected chi connectivity index (χ0v) is 13.9. The number of carbonyl (C=O) groups excluding carboxylic acids is 2. The monoisotopic (exact) mass is 290 g/mol. The van der Waals surface area contributed by atoms with Crippen LogP contribution in [0.5, 0.6) is 0 Å². The molecule has 1 rings (SSSR count). The van der Waals surface area contributed by atoms with Crippen molar-refractivity contribution in [3.05, 3.63) is 28.8 Å². The minimum Gasteiger partial charge on any atom is -0.331 e. The molecule has 1 N–H and O–H groups in total. The van der Waals surface area contributed by atoms with Crippen LogP contribution in [0.4, 0.5) is 5.69 Å². The molecule has 1 aromatic rings. The summed E-state index contributed by atoms with van der Waals surface area (Å²) in [5, 5.41) is 2.94. The average molecular weight is 290 g/mol. The molecule has 0 aliphatic carbocycles. The second-order valence-electron chi connectivity index (χ2n) is 5.73. The van der Waals surface area contributed by atoms with Crippen LogP contribution in [-0.2, 0) is 9.59 Å². The lowest BCUT2D eigenvalue weighted by Gasteiger charge is -2.27. The van der Waals surface area contributed by atoms with Crippen LogP contribution in [-0.4, -0.2) is 29.3 Å². The summed E-state index contributed by atoms with van der Waals surface area (Å²) in [6, 6.07) is 4.15. The van der Waals surface area contributed by atoms with Gasteiger partial charge in [-0.05, 0) is 45.2 Å². The molecule has 0 fully saturated rings. The van der Waals surface area contributed by atoms with Crippen molar-refractivity contribution in [2.75, 3.05) is 11.9 Å². The summed E-state index contributed by atoms with van der Waals surface area (Å²) in [5.41, 5.74) is 4.10. The SMILES string of the molecule is CCC(C)N(CC(=O)Nc1c(C)cc(C)cc1C)C(C)=O. The Labute approximate surface area is 127 Å². The van der Waals surface area contributed by atoms with Crippen LogP contribution in [0.3, 0.4) is 0 Å². The zero-order chi connectivity index (χ0) is 16.2. The summed E-state index contributed by atoms with van der Waals surface area (Å²) in [5.74, 6) is -0.225. The Morgan fingerprint density at radius 2 is 1.71 bits per heavy atom. The topological polar surface area (TPSA) is 49.4 Å². The molecule has 0 bridgehead atoms. The van der Waals surface area contributed by atoms with Crippen molar-refractivity contribution in [3.8, 4) is 0 Å². The quantitative estimate of drug-likeness (QED) is 0.905. The largest absolute Gasteiger partial charge is 0.331 e. The number of aryl methyl sites for hydroxylation is 3. The van der Waals surface area contributed by atoms with Gasteiger partial charge in [0.1, 0.15) is 6.54 Å². The van der Waals surface area contributed by atoms with E-state index >= 15 is 0 Å². The number of nitrogens with one attached hydrogen (secondary N) is 1. The first-order valence-corrected chi connectivity index (χ1v) is 7.41. The molecule has 1 atom stereocenters. The van der Waals surface area contributed by atoms with Gasteiger partial charge in [-0.15, -0.1) is 0 Å². The first kappa shape index (κ1) is 17.2. The lowest BCUT2D eigenvalue weighted by molar-refractivity contribution is -0.134. The van der Waals surface area contributed by atoms with Gasteiger partial charge in [0.15, 0.2) is 0 Å². The average Bonchev–Trinajstić information content (AvgIpc) is 2.39. The van der Waals surface area contributed by atoms with Crippen molar-refractivity contribution >= 4 is 17.5 Å². The Morgan fingerprint density at radius 1 is 1.19 bits per heavy atom. The Kier molecular flexibility index (Phi) is 5.94. The van der Waals surface area contributed by atoms with Gasteiger partial charge in [-0.25, -0.2) is 0 Å². The van der Waals surface area contributed by atoms with Gasteiger partial charge in [0.2, 0.25) is 11.8 Å². The Morgan fingerprint density at radius 3 is 2.14 bits per heavy atom. The number of hydrogen-bond acceptors (Lipinski definition) is 2. The summed E-state index contributed by atoms with van der Waals surface area (Å²) in [6.07, 6.45) is 0.829. The molecule has 0 heterocycles. The highest BCUT2D eigenvalue weighted by Crippen LogP contribution is 2.21. The van der Waals surface area contributed by atoms with Gasteiger partial charge in [0.05, 0.1) is 0 Å². The van der Waals surface area contributed by atoms with Crippen LogP contribution in [0.25, 0.3) is 0 Å². The molecular weight excluding hydrogens is 264 g/mol. The van der Waals surface area contributed by atoms with E-state index in [1.54, 1.807) is 4.90 Å². The Hall–Kier alpha value is -1.84. The van der Waals surface area contributed by atoms with Gasteiger partial charge >= 0.3 is 0 Å². The number of benzene rings is 1. The van der Waals surface area contributed by atoms with Gasteiger partial charge < -0.3 is 10.2 Å². The minimum absolute atomic E-state index is 0.0634. The molecule has 4 heteroatoms. The van der Waals surface area contributed by atoms with Crippen LogP contribution in [0.15, 0.2) is 12.1 Å². The number of anilines is 1. The van der Waals surface area contributed by atoms with Crippen molar-refractivity contribution < 1.29 is 9.59 Å². The van der Waals surface area contributed by atoms with Crippen LogP contribution >= 0.6 is 0 Å². The molecule has 1 aromatic carbocycles. The van der Waals surface area contributed by atoms with E-state index in [9.17, 15) is 9.59 Å².